The molecule has 1 aliphatic carbocycles. The summed E-state index contributed by atoms with van der Waals surface area (Å²) in [6.45, 7) is 0.688. The van der Waals surface area contributed by atoms with E-state index in [2.05, 4.69) is 17.4 Å². The molecule has 0 bridgehead atoms. The fourth-order valence-electron chi connectivity index (χ4n) is 4.37. The van der Waals surface area contributed by atoms with Gasteiger partial charge in [-0.3, -0.25) is 9.79 Å². The smallest absolute Gasteiger partial charge is 0.231 e. The monoisotopic (exact) mass is 456 g/mol. The van der Waals surface area contributed by atoms with Gasteiger partial charge < -0.3 is 14.8 Å². The van der Waals surface area contributed by atoms with E-state index in [9.17, 15) is 4.79 Å². The molecule has 2 aliphatic rings. The predicted octanol–water partition coefficient (Wildman–Crippen LogP) is 5.56. The van der Waals surface area contributed by atoms with E-state index in [0.29, 0.717) is 24.4 Å². The van der Waals surface area contributed by atoms with Gasteiger partial charge in [0, 0.05) is 17.8 Å². The summed E-state index contributed by atoms with van der Waals surface area (Å²) in [5, 5.41) is 3.25. The molecular formula is C27H24N2O3S. The van der Waals surface area contributed by atoms with Crippen LogP contribution in [0.5, 0.6) is 11.5 Å². The molecule has 1 aliphatic heterocycles. The topological polar surface area (TPSA) is 59.9 Å². The molecule has 1 saturated carbocycles. The van der Waals surface area contributed by atoms with E-state index in [1.807, 2.05) is 66.7 Å². The molecule has 0 radical (unpaired) electrons. The van der Waals surface area contributed by atoms with Crippen LogP contribution in [0, 0.1) is 5.92 Å². The van der Waals surface area contributed by atoms with Gasteiger partial charge in [0.15, 0.2) is 11.5 Å². The average molecular weight is 457 g/mol. The van der Waals surface area contributed by atoms with Crippen molar-refractivity contribution in [3.8, 4) is 11.5 Å². The number of anilines is 1. The minimum absolute atomic E-state index is 0.102. The van der Waals surface area contributed by atoms with E-state index in [1.54, 1.807) is 0 Å². The van der Waals surface area contributed by atoms with Crippen molar-refractivity contribution in [2.24, 2.45) is 10.9 Å². The van der Waals surface area contributed by atoms with E-state index >= 15 is 0 Å². The molecule has 1 heterocycles. The fourth-order valence-corrected chi connectivity index (χ4v) is 4.76. The van der Waals surface area contributed by atoms with Crippen LogP contribution >= 0.6 is 12.2 Å². The van der Waals surface area contributed by atoms with E-state index in [0.717, 1.165) is 34.0 Å². The third kappa shape index (κ3) is 4.81. The summed E-state index contributed by atoms with van der Waals surface area (Å²) >= 11 is 5.71. The molecule has 3 aromatic carbocycles. The first-order chi connectivity index (χ1) is 16.2. The van der Waals surface area contributed by atoms with Gasteiger partial charge in [-0.05, 0) is 47.7 Å². The highest BCUT2D eigenvalue weighted by atomic mass is 32.1. The number of nitrogens with zero attached hydrogens (tertiary/aromatic N) is 1. The number of ether oxygens (including phenoxy) is 2. The van der Waals surface area contributed by atoms with Gasteiger partial charge in [-0.15, -0.1) is 0 Å². The first-order valence-corrected chi connectivity index (χ1v) is 11.4. The minimum atomic E-state index is -0.519. The minimum Gasteiger partial charge on any atom is -0.454 e. The largest absolute Gasteiger partial charge is 0.454 e. The Morgan fingerprint density at radius 3 is 2.45 bits per heavy atom. The molecule has 0 saturated heterocycles. The number of carbonyl (C=O) groups excluding carboxylic acids is 1. The number of benzene rings is 3. The van der Waals surface area contributed by atoms with Gasteiger partial charge in [0.2, 0.25) is 6.79 Å². The van der Waals surface area contributed by atoms with Crippen molar-refractivity contribution in [1.29, 1.82) is 0 Å². The Bertz CT molecular complexity index is 1190. The molecule has 5 nitrogen and oxygen atoms in total. The van der Waals surface area contributed by atoms with Gasteiger partial charge >= 0.3 is 0 Å². The quantitative estimate of drug-likeness (QED) is 0.510. The van der Waals surface area contributed by atoms with Crippen molar-refractivity contribution in [3.63, 3.8) is 0 Å². The van der Waals surface area contributed by atoms with Crippen LogP contribution in [0.25, 0.3) is 0 Å². The third-order valence-electron chi connectivity index (χ3n) is 6.03. The van der Waals surface area contributed by atoms with Crippen LogP contribution in [-0.4, -0.2) is 23.3 Å². The Morgan fingerprint density at radius 2 is 1.67 bits per heavy atom. The van der Waals surface area contributed by atoms with Crippen LogP contribution < -0.4 is 14.8 Å². The zero-order chi connectivity index (χ0) is 22.6. The molecular weight excluding hydrogens is 432 g/mol. The Morgan fingerprint density at radius 1 is 0.939 bits per heavy atom. The van der Waals surface area contributed by atoms with Crippen LogP contribution in [0.3, 0.4) is 0 Å². The van der Waals surface area contributed by atoms with Crippen molar-refractivity contribution >= 4 is 34.4 Å². The maximum Gasteiger partial charge on any atom is 0.231 e. The highest BCUT2D eigenvalue weighted by molar-refractivity contribution is 7.80. The number of thiocarbonyl (C=S) groups is 1. The lowest BCUT2D eigenvalue weighted by atomic mass is 9.76. The highest BCUT2D eigenvalue weighted by Crippen LogP contribution is 2.35. The second-order valence-corrected chi connectivity index (χ2v) is 8.71. The Kier molecular flexibility index (Phi) is 6.17. The van der Waals surface area contributed by atoms with Gasteiger partial charge in [0.05, 0.1) is 11.5 Å². The van der Waals surface area contributed by atoms with Crippen molar-refractivity contribution in [3.05, 3.63) is 90.0 Å². The van der Waals surface area contributed by atoms with Gasteiger partial charge in [0.1, 0.15) is 11.7 Å². The van der Waals surface area contributed by atoms with Crippen LogP contribution in [0.2, 0.25) is 0 Å². The summed E-state index contributed by atoms with van der Waals surface area (Å²) in [6, 6.07) is 25.7. The second kappa shape index (κ2) is 9.55. The van der Waals surface area contributed by atoms with Crippen LogP contribution in [-0.2, 0) is 11.3 Å². The third-order valence-corrected chi connectivity index (χ3v) is 6.37. The number of hydrogen-bond donors (Lipinski definition) is 1. The van der Waals surface area contributed by atoms with E-state index in [1.165, 1.54) is 0 Å². The first-order valence-electron chi connectivity index (χ1n) is 11.0. The molecule has 0 amide bonds. The number of aliphatic imine (C=N–C) groups is 1. The highest BCUT2D eigenvalue weighted by Gasteiger charge is 2.37. The number of nitrogens with one attached hydrogen (secondary N) is 1. The summed E-state index contributed by atoms with van der Waals surface area (Å²) in [4.78, 5) is 18.8. The van der Waals surface area contributed by atoms with Gasteiger partial charge in [-0.25, -0.2) is 0 Å². The number of Topliss-reactive ketones (excluding diaryl/α,β-unsaturated/α-hetero) is 1. The summed E-state index contributed by atoms with van der Waals surface area (Å²) in [7, 11) is 0. The van der Waals surface area contributed by atoms with Crippen LogP contribution in [0.1, 0.15) is 29.9 Å². The lowest BCUT2D eigenvalue weighted by Gasteiger charge is -2.30. The molecule has 33 heavy (non-hydrogen) atoms. The Balaban J connectivity index is 1.42. The standard InChI is InChI=1S/C27H24N2O3S/c30-23-15-20(19-7-3-1-4-8-19)14-22(26(23)27(33)29-21-9-5-2-6-10-21)28-16-18-11-12-24-25(13-18)32-17-31-24/h1-13,20,26H,14-17H2,(H,29,33)/t20-,26?/m1/s1. The van der Waals surface area contributed by atoms with Crippen molar-refractivity contribution in [1.82, 2.24) is 0 Å². The lowest BCUT2D eigenvalue weighted by molar-refractivity contribution is -0.120. The Hall–Kier alpha value is -3.51. The summed E-state index contributed by atoms with van der Waals surface area (Å²) in [6.07, 6.45) is 1.15. The zero-order valence-corrected chi connectivity index (χ0v) is 18.9. The molecule has 1 fully saturated rings. The molecule has 1 N–H and O–H groups in total. The first kappa shape index (κ1) is 21.3. The average Bonchev–Trinajstić information content (AvgIpc) is 3.31. The van der Waals surface area contributed by atoms with Gasteiger partial charge in [0.25, 0.3) is 0 Å². The van der Waals surface area contributed by atoms with Crippen LogP contribution in [0.4, 0.5) is 5.69 Å². The summed E-state index contributed by atoms with van der Waals surface area (Å²) < 4.78 is 10.9. The number of para-hydroxylation sites is 1. The van der Waals surface area contributed by atoms with E-state index in [-0.39, 0.29) is 18.5 Å². The molecule has 2 atom stereocenters. The summed E-state index contributed by atoms with van der Waals surface area (Å²) in [5.41, 5.74) is 3.85. The molecule has 0 aromatic heterocycles. The molecule has 3 aromatic rings. The maximum atomic E-state index is 13.3. The number of carbonyl (C=O) groups is 1. The maximum absolute atomic E-state index is 13.3. The number of ketones is 1. The number of hydrogen-bond acceptors (Lipinski definition) is 5. The van der Waals surface area contributed by atoms with E-state index < -0.39 is 5.92 Å². The molecule has 1 unspecified atom stereocenters. The molecule has 166 valence electrons. The van der Waals surface area contributed by atoms with Crippen LogP contribution in [0.15, 0.2) is 83.9 Å². The predicted molar refractivity (Wildman–Crippen MR) is 133 cm³/mol. The van der Waals surface area contributed by atoms with Crippen molar-refractivity contribution in [2.75, 3.05) is 12.1 Å². The van der Waals surface area contributed by atoms with Crippen molar-refractivity contribution < 1.29 is 14.3 Å². The van der Waals surface area contributed by atoms with Crippen molar-refractivity contribution in [2.45, 2.75) is 25.3 Å². The fraction of sp³-hybridized carbons (Fsp3) is 0.222. The van der Waals surface area contributed by atoms with Gasteiger partial charge in [-0.2, -0.15) is 0 Å². The van der Waals surface area contributed by atoms with E-state index in [4.69, 9.17) is 26.7 Å². The molecule has 6 heteroatoms. The number of fused-ring (bicyclic) bond motifs is 1. The van der Waals surface area contributed by atoms with Gasteiger partial charge in [-0.1, -0.05) is 66.8 Å². The lowest BCUT2D eigenvalue weighted by Crippen LogP contribution is -2.40. The Labute approximate surface area is 198 Å². The SMILES string of the molecule is O=C1C[C@H](c2ccccc2)CC(=NCc2ccc3c(c2)OCO3)C1C(=S)Nc1ccccc1. The zero-order valence-electron chi connectivity index (χ0n) is 18.1. The summed E-state index contributed by atoms with van der Waals surface area (Å²) in [5.74, 6) is 1.16. The number of rotatable bonds is 5. The molecule has 0 spiro atoms. The molecule has 5 rings (SSSR count). The normalized spacial score (nSPS) is 20.6. The second-order valence-electron chi connectivity index (χ2n) is 8.27.